The number of rotatable bonds is 5. The molecule has 0 amide bonds. The van der Waals surface area contributed by atoms with Crippen LogP contribution in [-0.2, 0) is 6.42 Å². The van der Waals surface area contributed by atoms with Crippen molar-refractivity contribution in [3.8, 4) is 33.4 Å². The van der Waals surface area contributed by atoms with Crippen LogP contribution in [0.15, 0.2) is 185 Å². The Kier molecular flexibility index (Phi) is 8.45. The summed E-state index contributed by atoms with van der Waals surface area (Å²) >= 11 is 0. The van der Waals surface area contributed by atoms with E-state index in [-0.39, 0.29) is 0 Å². The first-order valence-electron chi connectivity index (χ1n) is 19.5. The van der Waals surface area contributed by atoms with Crippen molar-refractivity contribution in [3.05, 3.63) is 204 Å². The van der Waals surface area contributed by atoms with Crippen LogP contribution < -0.4 is 0 Å². The Morgan fingerprint density at radius 1 is 0.527 bits per heavy atom. The van der Waals surface area contributed by atoms with Crippen LogP contribution >= 0.6 is 0 Å². The molecular weight excluding hydrogens is 667 g/mol. The molecule has 2 heteroatoms. The van der Waals surface area contributed by atoms with E-state index in [0.717, 1.165) is 59.2 Å². The van der Waals surface area contributed by atoms with Crippen LogP contribution in [0.25, 0.3) is 66.6 Å². The van der Waals surface area contributed by atoms with Crippen molar-refractivity contribution in [1.29, 1.82) is 0 Å². The van der Waals surface area contributed by atoms with E-state index in [4.69, 9.17) is 9.41 Å². The molecule has 0 saturated carbocycles. The molecule has 0 N–H and O–H groups in total. The van der Waals surface area contributed by atoms with Gasteiger partial charge in [-0.1, -0.05) is 159 Å². The number of fused-ring (bicyclic) bond motifs is 6. The van der Waals surface area contributed by atoms with Crippen LogP contribution in [0.2, 0.25) is 0 Å². The zero-order chi connectivity index (χ0) is 36.7. The molecule has 2 aliphatic rings. The molecule has 0 radical (unpaired) electrons. The van der Waals surface area contributed by atoms with Crippen LogP contribution in [-0.4, -0.2) is 5.71 Å². The van der Waals surface area contributed by atoms with E-state index in [0.29, 0.717) is 5.92 Å². The molecule has 10 rings (SSSR count). The SMILES string of the molecule is CC1C/C=C(\c2ccccc2)N=C(c2ccccc2)CCC=C1c1cccc(-c2cccc3c2-c2cc(-c4cccc5oc6ccccc6c45)ccc2C3)c1. The van der Waals surface area contributed by atoms with Crippen LogP contribution in [0.1, 0.15) is 54.0 Å². The highest BCUT2D eigenvalue weighted by Crippen LogP contribution is 2.46. The summed E-state index contributed by atoms with van der Waals surface area (Å²) < 4.78 is 6.27. The van der Waals surface area contributed by atoms with Gasteiger partial charge in [0.15, 0.2) is 0 Å². The minimum atomic E-state index is 0.328. The average Bonchev–Trinajstić information content (AvgIpc) is 3.82. The van der Waals surface area contributed by atoms with Crippen LogP contribution in [0.5, 0.6) is 0 Å². The molecule has 1 aliphatic carbocycles. The van der Waals surface area contributed by atoms with E-state index in [9.17, 15) is 0 Å². The summed E-state index contributed by atoms with van der Waals surface area (Å²) in [6.45, 7) is 2.36. The lowest BCUT2D eigenvalue weighted by Crippen LogP contribution is -2.05. The smallest absolute Gasteiger partial charge is 0.136 e. The van der Waals surface area contributed by atoms with Crippen LogP contribution in [0.4, 0.5) is 0 Å². The molecule has 7 aromatic carbocycles. The molecule has 1 atom stereocenters. The monoisotopic (exact) mass is 707 g/mol. The van der Waals surface area contributed by atoms with E-state index >= 15 is 0 Å². The number of hydrogen-bond acceptors (Lipinski definition) is 2. The second kappa shape index (κ2) is 14.0. The van der Waals surface area contributed by atoms with E-state index in [1.54, 1.807) is 0 Å². The van der Waals surface area contributed by atoms with Gasteiger partial charge in [-0.05, 0) is 123 Å². The molecule has 2 heterocycles. The van der Waals surface area contributed by atoms with Crippen molar-refractivity contribution in [3.63, 3.8) is 0 Å². The third-order valence-corrected chi connectivity index (χ3v) is 11.5. The molecule has 1 aromatic heterocycles. The summed E-state index contributed by atoms with van der Waals surface area (Å²) in [6.07, 6.45) is 8.47. The zero-order valence-corrected chi connectivity index (χ0v) is 31.0. The number of hydrogen-bond donors (Lipinski definition) is 0. The quantitative estimate of drug-likeness (QED) is 0.175. The molecule has 2 nitrogen and oxygen atoms in total. The summed E-state index contributed by atoms with van der Waals surface area (Å²) in [5, 5.41) is 2.34. The van der Waals surface area contributed by atoms with Crippen molar-refractivity contribution < 1.29 is 4.42 Å². The summed E-state index contributed by atoms with van der Waals surface area (Å²) in [4.78, 5) is 5.31. The molecule has 0 fully saturated rings. The second-order valence-electron chi connectivity index (χ2n) is 15.0. The lowest BCUT2D eigenvalue weighted by molar-refractivity contribution is 0.669. The normalized spacial score (nSPS) is 16.5. The Bertz CT molecular complexity index is 2820. The minimum Gasteiger partial charge on any atom is -0.456 e. The number of allylic oxidation sites excluding steroid dienone is 3. The van der Waals surface area contributed by atoms with E-state index in [1.807, 2.05) is 6.07 Å². The molecule has 0 saturated heterocycles. The Morgan fingerprint density at radius 2 is 1.22 bits per heavy atom. The fourth-order valence-electron chi connectivity index (χ4n) is 8.78. The molecule has 264 valence electrons. The molecule has 0 bridgehead atoms. The Balaban J connectivity index is 1.03. The second-order valence-corrected chi connectivity index (χ2v) is 15.0. The number of para-hydroxylation sites is 1. The van der Waals surface area contributed by atoms with Gasteiger partial charge in [0, 0.05) is 16.5 Å². The predicted octanol–water partition coefficient (Wildman–Crippen LogP) is 14.2. The Morgan fingerprint density at radius 3 is 2.09 bits per heavy atom. The summed E-state index contributed by atoms with van der Waals surface area (Å²) in [7, 11) is 0. The zero-order valence-electron chi connectivity index (χ0n) is 31.0. The summed E-state index contributed by atoms with van der Waals surface area (Å²) in [5.41, 5.74) is 19.5. The predicted molar refractivity (Wildman–Crippen MR) is 231 cm³/mol. The van der Waals surface area contributed by atoms with Gasteiger partial charge in [-0.15, -0.1) is 0 Å². The fraction of sp³-hybridized carbons (Fsp3) is 0.113. The van der Waals surface area contributed by atoms with Crippen LogP contribution in [0.3, 0.4) is 0 Å². The van der Waals surface area contributed by atoms with Gasteiger partial charge in [0.2, 0.25) is 0 Å². The lowest BCUT2D eigenvalue weighted by atomic mass is 9.86. The van der Waals surface area contributed by atoms with Gasteiger partial charge in [-0.2, -0.15) is 0 Å². The van der Waals surface area contributed by atoms with Crippen molar-refractivity contribution in [2.75, 3.05) is 0 Å². The third kappa shape index (κ3) is 6.14. The maximum atomic E-state index is 6.27. The number of nitrogens with zero attached hydrogens (tertiary/aromatic N) is 1. The van der Waals surface area contributed by atoms with Gasteiger partial charge in [0.1, 0.15) is 11.2 Å². The van der Waals surface area contributed by atoms with E-state index < -0.39 is 0 Å². The summed E-state index contributed by atoms with van der Waals surface area (Å²) in [6, 6.07) is 59.3. The summed E-state index contributed by atoms with van der Waals surface area (Å²) in [5.74, 6) is 0.328. The third-order valence-electron chi connectivity index (χ3n) is 11.5. The molecular formula is C53H41NO. The lowest BCUT2D eigenvalue weighted by Gasteiger charge is -2.19. The van der Waals surface area contributed by atoms with E-state index in [2.05, 4.69) is 177 Å². The maximum Gasteiger partial charge on any atom is 0.136 e. The van der Waals surface area contributed by atoms with Gasteiger partial charge in [0.05, 0.1) is 5.70 Å². The van der Waals surface area contributed by atoms with Gasteiger partial charge in [-0.3, -0.25) is 4.99 Å². The first kappa shape index (κ1) is 33.1. The van der Waals surface area contributed by atoms with Gasteiger partial charge >= 0.3 is 0 Å². The van der Waals surface area contributed by atoms with E-state index in [1.165, 1.54) is 66.6 Å². The standard InChI is InChI=1S/C53H41NO/c1-35-28-31-49(37-16-6-3-7-17-37)54-48(36-14-4-2-5-15-36)25-12-22-43(35)38-18-10-19-39(32-38)44-23-11-20-42-33-40-29-30-41(34-47(40)52(42)44)45-24-13-27-51-53(45)46-21-8-9-26-50(46)55-51/h2-11,13-24,26-27,29-32,34-35H,12,25,28,33H2,1H3/b43-22?,49-31+,54-48?. The molecule has 0 spiro atoms. The van der Waals surface area contributed by atoms with Crippen molar-refractivity contribution in [1.82, 2.24) is 0 Å². The topological polar surface area (TPSA) is 25.5 Å². The van der Waals surface area contributed by atoms with Crippen molar-refractivity contribution in [2.24, 2.45) is 10.9 Å². The highest BCUT2D eigenvalue weighted by Gasteiger charge is 2.24. The fourth-order valence-corrected chi connectivity index (χ4v) is 8.78. The van der Waals surface area contributed by atoms with Gasteiger partial charge in [-0.25, -0.2) is 0 Å². The maximum absolute atomic E-state index is 6.27. The number of benzene rings is 7. The average molecular weight is 708 g/mol. The van der Waals surface area contributed by atoms with Crippen molar-refractivity contribution >= 4 is 38.9 Å². The first-order valence-corrected chi connectivity index (χ1v) is 19.5. The minimum absolute atomic E-state index is 0.328. The number of furan rings is 1. The Labute approximate surface area is 322 Å². The molecule has 1 aliphatic heterocycles. The molecule has 55 heavy (non-hydrogen) atoms. The number of aliphatic imine (C=N–C) groups is 1. The van der Waals surface area contributed by atoms with Crippen LogP contribution in [0, 0.1) is 5.92 Å². The highest BCUT2D eigenvalue weighted by molar-refractivity contribution is 6.12. The Hall–Kier alpha value is -6.51. The largest absolute Gasteiger partial charge is 0.456 e. The first-order chi connectivity index (χ1) is 27.2. The molecule has 1 unspecified atom stereocenters. The highest BCUT2D eigenvalue weighted by atomic mass is 16.3. The molecule has 8 aromatic rings. The van der Waals surface area contributed by atoms with Crippen molar-refractivity contribution in [2.45, 2.75) is 32.6 Å². The van der Waals surface area contributed by atoms with Gasteiger partial charge < -0.3 is 4.42 Å². The van der Waals surface area contributed by atoms with Gasteiger partial charge in [0.25, 0.3) is 0 Å².